The minimum absolute atomic E-state index is 0.0402. The second kappa shape index (κ2) is 6.33. The lowest BCUT2D eigenvalue weighted by molar-refractivity contribution is -0.123. The summed E-state index contributed by atoms with van der Waals surface area (Å²) in [5, 5.41) is 6.13. The van der Waals surface area contributed by atoms with Gasteiger partial charge in [0, 0.05) is 37.9 Å². The number of fused-ring (bicyclic) bond motifs is 1. The standard InChI is InChI=1S/C14H20N4O/c1-11(2)14(19)16-7-6-15-9-12-10-18-8-4-3-5-13(18)17-12/h3-5,8,10-11,15H,6-7,9H2,1-2H3,(H,16,19). The summed E-state index contributed by atoms with van der Waals surface area (Å²) in [5.41, 5.74) is 1.95. The Hall–Kier alpha value is -1.88. The SMILES string of the molecule is CC(C)C(=O)NCCNCc1cn2ccccc2n1. The van der Waals surface area contributed by atoms with Gasteiger partial charge in [0.2, 0.25) is 5.91 Å². The molecular formula is C14H20N4O. The molecule has 5 heteroatoms. The number of hydrogen-bond acceptors (Lipinski definition) is 3. The molecule has 0 atom stereocenters. The van der Waals surface area contributed by atoms with E-state index in [4.69, 9.17) is 0 Å². The summed E-state index contributed by atoms with van der Waals surface area (Å²) in [5.74, 6) is 0.132. The number of nitrogens with one attached hydrogen (secondary N) is 2. The number of pyridine rings is 1. The molecule has 0 radical (unpaired) electrons. The van der Waals surface area contributed by atoms with Gasteiger partial charge >= 0.3 is 0 Å². The van der Waals surface area contributed by atoms with Gasteiger partial charge in [-0.2, -0.15) is 0 Å². The van der Waals surface area contributed by atoms with Crippen molar-refractivity contribution in [3.05, 3.63) is 36.3 Å². The van der Waals surface area contributed by atoms with Crippen molar-refractivity contribution in [3.8, 4) is 0 Å². The molecule has 0 aromatic carbocycles. The fourth-order valence-electron chi connectivity index (χ4n) is 1.77. The van der Waals surface area contributed by atoms with E-state index in [1.54, 1.807) is 0 Å². The van der Waals surface area contributed by atoms with Crippen LogP contribution in [-0.2, 0) is 11.3 Å². The molecule has 0 bridgehead atoms. The number of rotatable bonds is 6. The third-order valence-corrected chi connectivity index (χ3v) is 2.85. The predicted molar refractivity (Wildman–Crippen MR) is 74.7 cm³/mol. The monoisotopic (exact) mass is 260 g/mol. The van der Waals surface area contributed by atoms with Gasteiger partial charge in [-0.15, -0.1) is 0 Å². The lowest BCUT2D eigenvalue weighted by atomic mass is 10.2. The molecule has 5 nitrogen and oxygen atoms in total. The van der Waals surface area contributed by atoms with Crippen LogP contribution in [0.5, 0.6) is 0 Å². The second-order valence-corrected chi connectivity index (χ2v) is 4.82. The average molecular weight is 260 g/mol. The van der Waals surface area contributed by atoms with Crippen LogP contribution in [0.15, 0.2) is 30.6 Å². The minimum Gasteiger partial charge on any atom is -0.355 e. The van der Waals surface area contributed by atoms with Gasteiger partial charge in [-0.05, 0) is 12.1 Å². The highest BCUT2D eigenvalue weighted by atomic mass is 16.1. The predicted octanol–water partition coefficient (Wildman–Crippen LogP) is 1.20. The van der Waals surface area contributed by atoms with Crippen molar-refractivity contribution in [1.82, 2.24) is 20.0 Å². The molecule has 2 aromatic heterocycles. The summed E-state index contributed by atoms with van der Waals surface area (Å²) >= 11 is 0. The summed E-state index contributed by atoms with van der Waals surface area (Å²) in [6.07, 6.45) is 3.99. The fraction of sp³-hybridized carbons (Fsp3) is 0.429. The highest BCUT2D eigenvalue weighted by molar-refractivity contribution is 5.77. The number of aromatic nitrogens is 2. The number of amides is 1. The topological polar surface area (TPSA) is 58.4 Å². The van der Waals surface area contributed by atoms with Crippen molar-refractivity contribution in [1.29, 1.82) is 0 Å². The van der Waals surface area contributed by atoms with Crippen LogP contribution in [0, 0.1) is 5.92 Å². The van der Waals surface area contributed by atoms with E-state index < -0.39 is 0 Å². The van der Waals surface area contributed by atoms with Gasteiger partial charge in [0.25, 0.3) is 0 Å². The summed E-state index contributed by atoms with van der Waals surface area (Å²) in [4.78, 5) is 15.8. The minimum atomic E-state index is 0.0402. The zero-order valence-corrected chi connectivity index (χ0v) is 11.4. The molecule has 0 aliphatic carbocycles. The van der Waals surface area contributed by atoms with Crippen LogP contribution in [-0.4, -0.2) is 28.4 Å². The fourth-order valence-corrected chi connectivity index (χ4v) is 1.77. The van der Waals surface area contributed by atoms with Crippen LogP contribution in [0.1, 0.15) is 19.5 Å². The first-order valence-corrected chi connectivity index (χ1v) is 6.58. The largest absolute Gasteiger partial charge is 0.355 e. The number of carbonyl (C=O) groups is 1. The number of nitrogens with zero attached hydrogens (tertiary/aromatic N) is 2. The van der Waals surface area contributed by atoms with E-state index in [0.29, 0.717) is 13.1 Å². The second-order valence-electron chi connectivity index (χ2n) is 4.82. The molecule has 0 aliphatic rings. The Morgan fingerprint density at radius 2 is 2.21 bits per heavy atom. The van der Waals surface area contributed by atoms with Gasteiger partial charge in [-0.3, -0.25) is 4.79 Å². The lowest BCUT2D eigenvalue weighted by Gasteiger charge is -2.07. The van der Waals surface area contributed by atoms with E-state index in [1.165, 1.54) is 0 Å². The molecule has 2 N–H and O–H groups in total. The molecule has 2 aromatic rings. The van der Waals surface area contributed by atoms with Gasteiger partial charge in [0.05, 0.1) is 5.69 Å². The third kappa shape index (κ3) is 3.79. The van der Waals surface area contributed by atoms with Crippen LogP contribution < -0.4 is 10.6 Å². The molecule has 2 rings (SSSR count). The molecule has 0 aliphatic heterocycles. The molecule has 0 unspecified atom stereocenters. The van der Waals surface area contributed by atoms with Crippen molar-refractivity contribution >= 4 is 11.6 Å². The normalized spacial score (nSPS) is 11.1. The summed E-state index contributed by atoms with van der Waals surface area (Å²) in [7, 11) is 0. The molecule has 0 saturated heterocycles. The zero-order chi connectivity index (χ0) is 13.7. The molecule has 102 valence electrons. The molecule has 1 amide bonds. The number of imidazole rings is 1. The maximum atomic E-state index is 11.3. The van der Waals surface area contributed by atoms with Crippen LogP contribution in [0.2, 0.25) is 0 Å². The number of carbonyl (C=O) groups excluding carboxylic acids is 1. The summed E-state index contributed by atoms with van der Waals surface area (Å²) in [6, 6.07) is 5.93. The van der Waals surface area contributed by atoms with E-state index >= 15 is 0 Å². The van der Waals surface area contributed by atoms with Gasteiger partial charge in [-0.1, -0.05) is 19.9 Å². The number of hydrogen-bond donors (Lipinski definition) is 2. The summed E-state index contributed by atoms with van der Waals surface area (Å²) < 4.78 is 2.00. The Morgan fingerprint density at radius 3 is 2.95 bits per heavy atom. The quantitative estimate of drug-likeness (QED) is 0.767. The van der Waals surface area contributed by atoms with Crippen LogP contribution in [0.25, 0.3) is 5.65 Å². The van der Waals surface area contributed by atoms with Crippen LogP contribution in [0.3, 0.4) is 0 Å². The maximum absolute atomic E-state index is 11.3. The first-order chi connectivity index (χ1) is 9.16. The molecular weight excluding hydrogens is 240 g/mol. The third-order valence-electron chi connectivity index (χ3n) is 2.85. The van der Waals surface area contributed by atoms with E-state index in [-0.39, 0.29) is 11.8 Å². The Labute approximate surface area is 113 Å². The maximum Gasteiger partial charge on any atom is 0.222 e. The molecule has 0 saturated carbocycles. The average Bonchev–Trinajstić information content (AvgIpc) is 2.80. The first kappa shape index (κ1) is 13.5. The van der Waals surface area contributed by atoms with E-state index in [0.717, 1.165) is 17.9 Å². The van der Waals surface area contributed by atoms with Crippen molar-refractivity contribution in [2.24, 2.45) is 5.92 Å². The Balaban J connectivity index is 1.72. The molecule has 0 fully saturated rings. The molecule has 2 heterocycles. The Morgan fingerprint density at radius 1 is 1.37 bits per heavy atom. The first-order valence-electron chi connectivity index (χ1n) is 6.58. The van der Waals surface area contributed by atoms with Crippen LogP contribution in [0.4, 0.5) is 0 Å². The van der Waals surface area contributed by atoms with Crippen molar-refractivity contribution in [2.75, 3.05) is 13.1 Å². The Bertz CT molecular complexity index is 514. The zero-order valence-electron chi connectivity index (χ0n) is 11.4. The lowest BCUT2D eigenvalue weighted by Crippen LogP contribution is -2.34. The Kier molecular flexibility index (Phi) is 4.52. The van der Waals surface area contributed by atoms with Crippen molar-refractivity contribution in [2.45, 2.75) is 20.4 Å². The van der Waals surface area contributed by atoms with E-state index in [2.05, 4.69) is 15.6 Å². The van der Waals surface area contributed by atoms with Crippen molar-refractivity contribution < 1.29 is 4.79 Å². The molecule has 0 spiro atoms. The summed E-state index contributed by atoms with van der Waals surface area (Å²) in [6.45, 7) is 5.87. The molecule has 19 heavy (non-hydrogen) atoms. The van der Waals surface area contributed by atoms with E-state index in [9.17, 15) is 4.79 Å². The van der Waals surface area contributed by atoms with Crippen molar-refractivity contribution in [3.63, 3.8) is 0 Å². The van der Waals surface area contributed by atoms with Crippen LogP contribution >= 0.6 is 0 Å². The van der Waals surface area contributed by atoms with Gasteiger partial charge in [0.1, 0.15) is 5.65 Å². The van der Waals surface area contributed by atoms with Gasteiger partial charge in [0.15, 0.2) is 0 Å². The van der Waals surface area contributed by atoms with Gasteiger partial charge in [-0.25, -0.2) is 4.98 Å². The highest BCUT2D eigenvalue weighted by Crippen LogP contribution is 2.03. The van der Waals surface area contributed by atoms with Gasteiger partial charge < -0.3 is 15.0 Å². The van der Waals surface area contributed by atoms with E-state index in [1.807, 2.05) is 48.8 Å². The smallest absolute Gasteiger partial charge is 0.222 e. The highest BCUT2D eigenvalue weighted by Gasteiger charge is 2.05.